The van der Waals surface area contributed by atoms with Crippen molar-refractivity contribution < 1.29 is 9.53 Å². The molecule has 2 heteroatoms. The first-order valence-electron chi connectivity index (χ1n) is 4.76. The van der Waals surface area contributed by atoms with Crippen LogP contribution < -0.4 is 0 Å². The van der Waals surface area contributed by atoms with E-state index in [1.165, 1.54) is 18.2 Å². The summed E-state index contributed by atoms with van der Waals surface area (Å²) in [6.45, 7) is 4.07. The van der Waals surface area contributed by atoms with Gasteiger partial charge in [0.25, 0.3) is 0 Å². The second-order valence-electron chi connectivity index (χ2n) is 3.40. The topological polar surface area (TPSA) is 26.3 Å². The molecular weight excluding hydrogens is 188 g/mol. The Morgan fingerprint density at radius 1 is 1.40 bits per heavy atom. The van der Waals surface area contributed by atoms with Gasteiger partial charge in [0, 0.05) is 12.3 Å². The van der Waals surface area contributed by atoms with Gasteiger partial charge in [0.15, 0.2) is 0 Å². The summed E-state index contributed by atoms with van der Waals surface area (Å²) in [5, 5.41) is 0. The summed E-state index contributed by atoms with van der Waals surface area (Å²) in [7, 11) is 1.33. The van der Waals surface area contributed by atoms with Gasteiger partial charge in [-0.05, 0) is 25.0 Å². The van der Waals surface area contributed by atoms with Crippen molar-refractivity contribution in [2.24, 2.45) is 0 Å². The molecule has 0 saturated carbocycles. The maximum absolute atomic E-state index is 10.8. The molecule has 0 unspecified atom stereocenters. The fraction of sp³-hybridized carbons (Fsp3) is 0.308. The molecule has 0 N–H and O–H groups in total. The van der Waals surface area contributed by atoms with Crippen LogP contribution in [0, 0.1) is 25.7 Å². The normalized spacial score (nSPS) is 9.00. The number of hydrogen-bond donors (Lipinski definition) is 0. The number of aryl methyl sites for hydroxylation is 2. The third-order valence-corrected chi connectivity index (χ3v) is 2.16. The Hall–Kier alpha value is -1.75. The van der Waals surface area contributed by atoms with Crippen LogP contribution in [0.5, 0.6) is 0 Å². The molecule has 0 aliphatic carbocycles. The van der Waals surface area contributed by atoms with Crippen LogP contribution in [0.4, 0.5) is 0 Å². The molecule has 0 bridgehead atoms. The second kappa shape index (κ2) is 5.21. The maximum atomic E-state index is 10.8. The quantitative estimate of drug-likeness (QED) is 0.395. The van der Waals surface area contributed by atoms with Crippen LogP contribution in [-0.4, -0.2) is 13.1 Å². The standard InChI is InChI=1S/C13H14O2/c1-10-7-8-11(2)12(9-10)5-4-6-13(14)15-3/h7-9H,5H2,1-3H3. The Bertz CT molecular complexity index is 422. The van der Waals surface area contributed by atoms with Crippen LogP contribution in [0.3, 0.4) is 0 Å². The SMILES string of the molecule is COC(=O)C#CCc1cc(C)ccc1C. The fourth-order valence-electron chi connectivity index (χ4n) is 1.25. The van der Waals surface area contributed by atoms with Crippen LogP contribution in [0.2, 0.25) is 0 Å². The average Bonchev–Trinajstić information content (AvgIpc) is 2.23. The van der Waals surface area contributed by atoms with E-state index in [-0.39, 0.29) is 0 Å². The zero-order valence-corrected chi connectivity index (χ0v) is 9.26. The zero-order chi connectivity index (χ0) is 11.3. The number of esters is 1. The van der Waals surface area contributed by atoms with E-state index in [4.69, 9.17) is 0 Å². The molecule has 2 nitrogen and oxygen atoms in total. The molecule has 0 fully saturated rings. The summed E-state index contributed by atoms with van der Waals surface area (Å²) in [6, 6.07) is 6.21. The van der Waals surface area contributed by atoms with Crippen LogP contribution in [0.1, 0.15) is 16.7 Å². The summed E-state index contributed by atoms with van der Waals surface area (Å²) in [4.78, 5) is 10.8. The van der Waals surface area contributed by atoms with Crippen molar-refractivity contribution in [1.82, 2.24) is 0 Å². The molecule has 1 aromatic carbocycles. The number of rotatable bonds is 1. The van der Waals surface area contributed by atoms with Gasteiger partial charge >= 0.3 is 5.97 Å². The molecule has 0 spiro atoms. The van der Waals surface area contributed by atoms with Gasteiger partial charge in [0.1, 0.15) is 0 Å². The van der Waals surface area contributed by atoms with Crippen molar-refractivity contribution in [3.63, 3.8) is 0 Å². The van der Waals surface area contributed by atoms with Crippen molar-refractivity contribution in [2.75, 3.05) is 7.11 Å². The number of methoxy groups -OCH3 is 1. The van der Waals surface area contributed by atoms with E-state index in [1.807, 2.05) is 13.8 Å². The molecule has 0 saturated heterocycles. The van der Waals surface area contributed by atoms with Gasteiger partial charge in [0.2, 0.25) is 0 Å². The molecule has 0 heterocycles. The zero-order valence-electron chi connectivity index (χ0n) is 9.26. The number of benzene rings is 1. The minimum absolute atomic E-state index is 0.486. The van der Waals surface area contributed by atoms with Gasteiger partial charge in [-0.3, -0.25) is 0 Å². The fourth-order valence-corrected chi connectivity index (χ4v) is 1.25. The highest BCUT2D eigenvalue weighted by atomic mass is 16.5. The lowest BCUT2D eigenvalue weighted by Gasteiger charge is -2.02. The number of ether oxygens (including phenoxy) is 1. The molecule has 0 aromatic heterocycles. The largest absolute Gasteiger partial charge is 0.459 e. The third kappa shape index (κ3) is 3.47. The van der Waals surface area contributed by atoms with Gasteiger partial charge in [-0.2, -0.15) is 0 Å². The number of hydrogen-bond acceptors (Lipinski definition) is 2. The summed E-state index contributed by atoms with van der Waals surface area (Å²) >= 11 is 0. The lowest BCUT2D eigenvalue weighted by atomic mass is 10.0. The Kier molecular flexibility index (Phi) is 3.93. The molecule has 0 amide bonds. The van der Waals surface area contributed by atoms with Gasteiger partial charge in [0.05, 0.1) is 7.11 Å². The van der Waals surface area contributed by atoms with E-state index in [0.717, 1.165) is 5.56 Å². The first-order chi connectivity index (χ1) is 7.13. The summed E-state index contributed by atoms with van der Waals surface area (Å²) in [5.41, 5.74) is 3.56. The first kappa shape index (κ1) is 11.3. The van der Waals surface area contributed by atoms with Crippen LogP contribution in [0.25, 0.3) is 0 Å². The van der Waals surface area contributed by atoms with E-state index in [2.05, 4.69) is 34.8 Å². The Morgan fingerprint density at radius 2 is 2.13 bits per heavy atom. The van der Waals surface area contributed by atoms with Gasteiger partial charge in [-0.1, -0.05) is 29.7 Å². The van der Waals surface area contributed by atoms with E-state index in [1.54, 1.807) is 0 Å². The minimum Gasteiger partial charge on any atom is -0.459 e. The average molecular weight is 202 g/mol. The van der Waals surface area contributed by atoms with E-state index >= 15 is 0 Å². The molecule has 0 aliphatic rings. The first-order valence-corrected chi connectivity index (χ1v) is 4.76. The Labute approximate surface area is 90.3 Å². The monoisotopic (exact) mass is 202 g/mol. The molecule has 0 aliphatic heterocycles. The van der Waals surface area contributed by atoms with Crippen molar-refractivity contribution in [3.8, 4) is 11.8 Å². The van der Waals surface area contributed by atoms with E-state index < -0.39 is 5.97 Å². The van der Waals surface area contributed by atoms with Crippen LogP contribution in [-0.2, 0) is 16.0 Å². The maximum Gasteiger partial charge on any atom is 0.384 e. The number of carbonyl (C=O) groups excluding carboxylic acids is 1. The van der Waals surface area contributed by atoms with E-state index in [9.17, 15) is 4.79 Å². The highest BCUT2D eigenvalue weighted by molar-refractivity contribution is 5.88. The lowest BCUT2D eigenvalue weighted by molar-refractivity contribution is -0.133. The lowest BCUT2D eigenvalue weighted by Crippen LogP contribution is -1.95. The van der Waals surface area contributed by atoms with E-state index in [0.29, 0.717) is 6.42 Å². The Morgan fingerprint density at radius 3 is 2.80 bits per heavy atom. The summed E-state index contributed by atoms with van der Waals surface area (Å²) in [5.74, 6) is 4.73. The van der Waals surface area contributed by atoms with Gasteiger partial charge < -0.3 is 4.74 Å². The predicted octanol–water partition coefficient (Wildman–Crippen LogP) is 2.02. The predicted molar refractivity (Wildman–Crippen MR) is 59.4 cm³/mol. The molecule has 1 rings (SSSR count). The molecule has 0 atom stereocenters. The molecule has 78 valence electrons. The van der Waals surface area contributed by atoms with Crippen molar-refractivity contribution in [1.29, 1.82) is 0 Å². The van der Waals surface area contributed by atoms with Gasteiger partial charge in [-0.25, -0.2) is 4.79 Å². The summed E-state index contributed by atoms with van der Waals surface area (Å²) < 4.78 is 4.43. The second-order valence-corrected chi connectivity index (χ2v) is 3.40. The highest BCUT2D eigenvalue weighted by Gasteiger charge is 1.96. The molecular formula is C13H14O2. The summed E-state index contributed by atoms with van der Waals surface area (Å²) in [6.07, 6.45) is 0.586. The minimum atomic E-state index is -0.486. The number of carbonyl (C=O) groups is 1. The van der Waals surface area contributed by atoms with Crippen molar-refractivity contribution in [2.45, 2.75) is 20.3 Å². The molecule has 0 radical (unpaired) electrons. The Balaban J connectivity index is 2.75. The smallest absolute Gasteiger partial charge is 0.384 e. The van der Waals surface area contributed by atoms with Crippen LogP contribution >= 0.6 is 0 Å². The highest BCUT2D eigenvalue weighted by Crippen LogP contribution is 2.10. The molecule has 15 heavy (non-hydrogen) atoms. The van der Waals surface area contributed by atoms with Crippen LogP contribution in [0.15, 0.2) is 18.2 Å². The van der Waals surface area contributed by atoms with Gasteiger partial charge in [-0.15, -0.1) is 0 Å². The third-order valence-electron chi connectivity index (χ3n) is 2.16. The molecule has 1 aromatic rings. The van der Waals surface area contributed by atoms with Crippen molar-refractivity contribution >= 4 is 5.97 Å². The van der Waals surface area contributed by atoms with Crippen molar-refractivity contribution in [3.05, 3.63) is 34.9 Å².